The molecule has 0 radical (unpaired) electrons. The van der Waals surface area contributed by atoms with Gasteiger partial charge in [-0.1, -0.05) is 0 Å². The van der Waals surface area contributed by atoms with Crippen molar-refractivity contribution in [2.75, 3.05) is 0 Å². The second-order valence-electron chi connectivity index (χ2n) is 3.02. The van der Waals surface area contributed by atoms with Crippen LogP contribution < -0.4 is 0 Å². The van der Waals surface area contributed by atoms with Crippen LogP contribution in [0.4, 0.5) is 0 Å². The Hall–Kier alpha value is -1.69. The van der Waals surface area contributed by atoms with Crippen molar-refractivity contribution in [1.29, 1.82) is 0 Å². The van der Waals surface area contributed by atoms with E-state index in [1.807, 2.05) is 18.3 Å². The second-order valence-corrected chi connectivity index (χ2v) is 3.88. The Morgan fingerprint density at radius 2 is 2.07 bits per heavy atom. The molecule has 1 N–H and O–H groups in total. The number of nitrogens with zero attached hydrogens (tertiary/aromatic N) is 4. The summed E-state index contributed by atoms with van der Waals surface area (Å²) in [6, 6.07) is 3.85. The number of hydrogen-bond donors (Lipinski definition) is 1. The average molecular weight is 264 g/mol. The molecule has 3 heterocycles. The van der Waals surface area contributed by atoms with E-state index < -0.39 is 0 Å². The molecule has 0 amide bonds. The van der Waals surface area contributed by atoms with E-state index in [9.17, 15) is 0 Å². The van der Waals surface area contributed by atoms with Crippen LogP contribution in [0.5, 0.6) is 0 Å². The fourth-order valence-electron chi connectivity index (χ4n) is 1.42. The Kier molecular flexibility index (Phi) is 1.81. The van der Waals surface area contributed by atoms with Gasteiger partial charge < -0.3 is 4.98 Å². The molecular weight excluding hydrogens is 258 g/mol. The van der Waals surface area contributed by atoms with E-state index in [1.165, 1.54) is 4.80 Å². The maximum Gasteiger partial charge on any atom is 0.177 e. The standard InChI is InChI=1S/C9H6BrN5/c10-7-5-8(15-12-3-4-13-15)14-9-6(7)1-2-11-9/h1-5H,(H,11,14). The van der Waals surface area contributed by atoms with Gasteiger partial charge in [-0.05, 0) is 28.1 Å². The lowest BCUT2D eigenvalue weighted by atomic mass is 10.3. The molecule has 6 heteroatoms. The van der Waals surface area contributed by atoms with Crippen molar-refractivity contribution < 1.29 is 0 Å². The van der Waals surface area contributed by atoms with E-state index in [0.717, 1.165) is 15.5 Å². The summed E-state index contributed by atoms with van der Waals surface area (Å²) < 4.78 is 0.973. The number of nitrogens with one attached hydrogen (secondary N) is 1. The van der Waals surface area contributed by atoms with Crippen molar-refractivity contribution in [2.24, 2.45) is 0 Å². The molecule has 0 aromatic carbocycles. The molecule has 3 rings (SSSR count). The third kappa shape index (κ3) is 1.33. The number of halogens is 1. The molecule has 0 saturated heterocycles. The van der Waals surface area contributed by atoms with Gasteiger partial charge in [0.05, 0.1) is 12.4 Å². The highest BCUT2D eigenvalue weighted by molar-refractivity contribution is 9.10. The van der Waals surface area contributed by atoms with Crippen molar-refractivity contribution in [3.05, 3.63) is 35.2 Å². The number of pyridine rings is 1. The minimum absolute atomic E-state index is 0.682. The zero-order valence-corrected chi connectivity index (χ0v) is 9.14. The number of H-pyrrole nitrogens is 1. The lowest BCUT2D eigenvalue weighted by Crippen LogP contribution is -2.01. The molecule has 0 aliphatic carbocycles. The van der Waals surface area contributed by atoms with E-state index in [2.05, 4.69) is 36.1 Å². The van der Waals surface area contributed by atoms with Crippen LogP contribution in [0, 0.1) is 0 Å². The van der Waals surface area contributed by atoms with Crippen molar-refractivity contribution in [3.8, 4) is 5.82 Å². The maximum absolute atomic E-state index is 4.39. The number of rotatable bonds is 1. The second kappa shape index (κ2) is 3.16. The molecule has 0 spiro atoms. The summed E-state index contributed by atoms with van der Waals surface area (Å²) in [5, 5.41) is 9.10. The smallest absolute Gasteiger partial charge is 0.177 e. The molecule has 0 unspecified atom stereocenters. The van der Waals surface area contributed by atoms with Gasteiger partial charge in [-0.3, -0.25) is 0 Å². The minimum Gasteiger partial charge on any atom is -0.346 e. The Labute approximate surface area is 93.3 Å². The van der Waals surface area contributed by atoms with Crippen LogP contribution >= 0.6 is 15.9 Å². The number of aromatic amines is 1. The fraction of sp³-hybridized carbons (Fsp3) is 0. The first kappa shape index (κ1) is 8.60. The van der Waals surface area contributed by atoms with E-state index in [1.54, 1.807) is 12.4 Å². The van der Waals surface area contributed by atoms with Gasteiger partial charge in [-0.2, -0.15) is 10.2 Å². The summed E-state index contributed by atoms with van der Waals surface area (Å²) in [5.41, 5.74) is 0.816. The third-order valence-corrected chi connectivity index (χ3v) is 2.74. The third-order valence-electron chi connectivity index (χ3n) is 2.09. The highest BCUT2D eigenvalue weighted by Crippen LogP contribution is 2.23. The van der Waals surface area contributed by atoms with Gasteiger partial charge >= 0.3 is 0 Å². The minimum atomic E-state index is 0.682. The largest absolute Gasteiger partial charge is 0.346 e. The summed E-state index contributed by atoms with van der Waals surface area (Å²) >= 11 is 3.48. The topological polar surface area (TPSA) is 59.4 Å². The lowest BCUT2D eigenvalue weighted by molar-refractivity contribution is 0.731. The number of aromatic nitrogens is 5. The van der Waals surface area contributed by atoms with Crippen molar-refractivity contribution in [2.45, 2.75) is 0 Å². The summed E-state index contributed by atoms with van der Waals surface area (Å²) in [6.45, 7) is 0. The van der Waals surface area contributed by atoms with E-state index >= 15 is 0 Å². The molecule has 0 aliphatic rings. The predicted molar refractivity (Wildman–Crippen MR) is 58.7 cm³/mol. The highest BCUT2D eigenvalue weighted by atomic mass is 79.9. The lowest BCUT2D eigenvalue weighted by Gasteiger charge is -2.00. The van der Waals surface area contributed by atoms with Crippen LogP contribution in [0.2, 0.25) is 0 Å². The SMILES string of the molecule is Brc1cc(-n2nccn2)nc2[nH]ccc12. The first-order valence-corrected chi connectivity index (χ1v) is 5.14. The molecule has 0 atom stereocenters. The zero-order valence-electron chi connectivity index (χ0n) is 7.55. The van der Waals surface area contributed by atoms with Crippen LogP contribution in [-0.4, -0.2) is 25.0 Å². The van der Waals surface area contributed by atoms with Gasteiger partial charge in [0.1, 0.15) is 5.65 Å². The van der Waals surface area contributed by atoms with Crippen LogP contribution in [0.15, 0.2) is 35.2 Å². The van der Waals surface area contributed by atoms with Crippen molar-refractivity contribution in [1.82, 2.24) is 25.0 Å². The molecule has 0 bridgehead atoms. The number of hydrogen-bond acceptors (Lipinski definition) is 3. The summed E-state index contributed by atoms with van der Waals surface area (Å²) in [5.74, 6) is 0.682. The quantitative estimate of drug-likeness (QED) is 0.730. The van der Waals surface area contributed by atoms with Crippen LogP contribution in [0.25, 0.3) is 16.9 Å². The molecule has 74 valence electrons. The van der Waals surface area contributed by atoms with Crippen LogP contribution in [0.1, 0.15) is 0 Å². The van der Waals surface area contributed by atoms with Crippen molar-refractivity contribution in [3.63, 3.8) is 0 Å². The number of fused-ring (bicyclic) bond motifs is 1. The van der Waals surface area contributed by atoms with Crippen LogP contribution in [0.3, 0.4) is 0 Å². The molecule has 3 aromatic heterocycles. The Morgan fingerprint density at radius 1 is 1.27 bits per heavy atom. The summed E-state index contributed by atoms with van der Waals surface area (Å²) in [4.78, 5) is 8.92. The van der Waals surface area contributed by atoms with Gasteiger partial charge in [-0.15, -0.1) is 4.80 Å². The summed E-state index contributed by atoms with van der Waals surface area (Å²) in [6.07, 6.45) is 5.09. The van der Waals surface area contributed by atoms with E-state index in [-0.39, 0.29) is 0 Å². The molecule has 15 heavy (non-hydrogen) atoms. The van der Waals surface area contributed by atoms with E-state index in [0.29, 0.717) is 5.82 Å². The first-order valence-electron chi connectivity index (χ1n) is 4.35. The molecule has 5 nitrogen and oxygen atoms in total. The highest BCUT2D eigenvalue weighted by Gasteiger charge is 2.06. The fourth-order valence-corrected chi connectivity index (χ4v) is 1.94. The van der Waals surface area contributed by atoms with Crippen LogP contribution in [-0.2, 0) is 0 Å². The zero-order chi connectivity index (χ0) is 10.3. The first-order chi connectivity index (χ1) is 7.34. The average Bonchev–Trinajstić information content (AvgIpc) is 2.88. The van der Waals surface area contributed by atoms with Gasteiger partial charge in [-0.25, -0.2) is 4.98 Å². The maximum atomic E-state index is 4.39. The monoisotopic (exact) mass is 263 g/mol. The molecule has 3 aromatic rings. The Bertz CT molecular complexity index is 598. The normalized spacial score (nSPS) is 11.0. The molecule has 0 fully saturated rings. The van der Waals surface area contributed by atoms with Gasteiger partial charge in [0, 0.05) is 16.1 Å². The van der Waals surface area contributed by atoms with Gasteiger partial charge in [0.2, 0.25) is 0 Å². The summed E-state index contributed by atoms with van der Waals surface area (Å²) in [7, 11) is 0. The molecular formula is C9H6BrN5. The Morgan fingerprint density at radius 3 is 2.87 bits per heavy atom. The van der Waals surface area contributed by atoms with Gasteiger partial charge in [0.15, 0.2) is 5.82 Å². The molecule has 0 saturated carbocycles. The van der Waals surface area contributed by atoms with Crippen molar-refractivity contribution >= 4 is 27.0 Å². The molecule has 0 aliphatic heterocycles. The Balaban J connectivity index is 2.29. The van der Waals surface area contributed by atoms with E-state index in [4.69, 9.17) is 0 Å². The van der Waals surface area contributed by atoms with Gasteiger partial charge in [0.25, 0.3) is 0 Å². The predicted octanol–water partition coefficient (Wildman–Crippen LogP) is 1.91.